The maximum Gasteiger partial charge on any atom is 0.0375 e. The lowest BCUT2D eigenvalue weighted by atomic mass is 9.89. The van der Waals surface area contributed by atoms with E-state index in [2.05, 4.69) is 54.7 Å². The van der Waals surface area contributed by atoms with Crippen LogP contribution < -0.4 is 10.2 Å². The van der Waals surface area contributed by atoms with Gasteiger partial charge in [0.15, 0.2) is 0 Å². The molecule has 0 bridgehead atoms. The van der Waals surface area contributed by atoms with E-state index < -0.39 is 0 Å². The lowest BCUT2D eigenvalue weighted by Crippen LogP contribution is -2.35. The highest BCUT2D eigenvalue weighted by Gasteiger charge is 2.29. The van der Waals surface area contributed by atoms with E-state index in [0.717, 1.165) is 19.6 Å². The summed E-state index contributed by atoms with van der Waals surface area (Å²) in [6.45, 7) is 5.80. The van der Waals surface area contributed by atoms with Gasteiger partial charge in [0.2, 0.25) is 0 Å². The molecule has 3 heteroatoms. The average Bonchev–Trinajstić information content (AvgIpc) is 2.76. The number of hydrogen-bond donors (Lipinski definition) is 1. The largest absolute Gasteiger partial charge is 0.374 e. The van der Waals surface area contributed by atoms with Gasteiger partial charge in [-0.3, -0.25) is 0 Å². The first-order valence-corrected chi connectivity index (χ1v) is 7.41. The van der Waals surface area contributed by atoms with E-state index in [9.17, 15) is 0 Å². The highest BCUT2D eigenvalue weighted by Crippen LogP contribution is 2.28. The van der Waals surface area contributed by atoms with Crippen molar-refractivity contribution in [1.29, 1.82) is 0 Å². The maximum atomic E-state index is 3.46. The van der Waals surface area contributed by atoms with Gasteiger partial charge in [-0.2, -0.15) is 0 Å². The SMILES string of the molecule is CSc1cccc(N(C)CC2(C)CCNC2)c1. The second-order valence-corrected chi connectivity index (χ2v) is 6.17. The van der Waals surface area contributed by atoms with Crippen molar-refractivity contribution in [3.63, 3.8) is 0 Å². The minimum absolute atomic E-state index is 0.421. The van der Waals surface area contributed by atoms with Gasteiger partial charge < -0.3 is 10.2 Å². The number of thioether (sulfide) groups is 1. The molecular formula is C14H22N2S. The second kappa shape index (κ2) is 5.32. The third-order valence-electron chi connectivity index (χ3n) is 3.57. The molecule has 2 rings (SSSR count). The number of nitrogens with zero attached hydrogens (tertiary/aromatic N) is 1. The summed E-state index contributed by atoms with van der Waals surface area (Å²) in [6, 6.07) is 8.79. The van der Waals surface area contributed by atoms with Crippen LogP contribution in [0.15, 0.2) is 29.2 Å². The number of benzene rings is 1. The molecule has 1 aliphatic rings. The van der Waals surface area contributed by atoms with Gasteiger partial charge in [-0.05, 0) is 42.8 Å². The zero-order valence-electron chi connectivity index (χ0n) is 11.0. The molecule has 0 saturated carbocycles. The van der Waals surface area contributed by atoms with Gasteiger partial charge >= 0.3 is 0 Å². The Morgan fingerprint density at radius 2 is 2.29 bits per heavy atom. The molecule has 0 radical (unpaired) electrons. The fourth-order valence-electron chi connectivity index (χ4n) is 2.52. The number of rotatable bonds is 4. The van der Waals surface area contributed by atoms with Gasteiger partial charge in [-0.25, -0.2) is 0 Å². The number of nitrogens with one attached hydrogen (secondary N) is 1. The third-order valence-corrected chi connectivity index (χ3v) is 4.30. The predicted octanol–water partition coefficient (Wildman–Crippen LogP) is 2.84. The average molecular weight is 250 g/mol. The van der Waals surface area contributed by atoms with Gasteiger partial charge in [0.05, 0.1) is 0 Å². The highest BCUT2D eigenvalue weighted by atomic mass is 32.2. The van der Waals surface area contributed by atoms with Crippen molar-refractivity contribution < 1.29 is 0 Å². The Labute approximate surface area is 109 Å². The molecule has 1 N–H and O–H groups in total. The predicted molar refractivity (Wildman–Crippen MR) is 77.1 cm³/mol. The zero-order valence-corrected chi connectivity index (χ0v) is 11.8. The minimum Gasteiger partial charge on any atom is -0.374 e. The third kappa shape index (κ3) is 3.17. The van der Waals surface area contributed by atoms with E-state index in [1.807, 2.05) is 0 Å². The monoisotopic (exact) mass is 250 g/mol. The van der Waals surface area contributed by atoms with Crippen LogP contribution in [0.4, 0.5) is 5.69 Å². The van der Waals surface area contributed by atoms with Crippen molar-refractivity contribution in [2.24, 2.45) is 5.41 Å². The van der Waals surface area contributed by atoms with E-state index in [4.69, 9.17) is 0 Å². The summed E-state index contributed by atoms with van der Waals surface area (Å²) in [4.78, 5) is 3.72. The first-order valence-electron chi connectivity index (χ1n) is 6.19. The first kappa shape index (κ1) is 12.8. The summed E-state index contributed by atoms with van der Waals surface area (Å²) in [6.07, 6.45) is 3.40. The van der Waals surface area contributed by atoms with Crippen LogP contribution in [0.2, 0.25) is 0 Å². The Kier molecular flexibility index (Phi) is 4.00. The zero-order chi connectivity index (χ0) is 12.3. The Morgan fingerprint density at radius 3 is 2.94 bits per heavy atom. The quantitative estimate of drug-likeness (QED) is 0.827. The van der Waals surface area contributed by atoms with Crippen molar-refractivity contribution in [1.82, 2.24) is 5.32 Å². The van der Waals surface area contributed by atoms with Crippen LogP contribution in [0.5, 0.6) is 0 Å². The van der Waals surface area contributed by atoms with Crippen LogP contribution in [0.25, 0.3) is 0 Å². The molecule has 1 fully saturated rings. The molecule has 0 amide bonds. The van der Waals surface area contributed by atoms with Crippen LogP contribution in [0.3, 0.4) is 0 Å². The summed E-state index contributed by atoms with van der Waals surface area (Å²) in [5, 5.41) is 3.46. The molecule has 1 saturated heterocycles. The van der Waals surface area contributed by atoms with E-state index in [-0.39, 0.29) is 0 Å². The highest BCUT2D eigenvalue weighted by molar-refractivity contribution is 7.98. The molecule has 1 unspecified atom stereocenters. The molecular weight excluding hydrogens is 228 g/mol. The molecule has 1 aliphatic heterocycles. The van der Waals surface area contributed by atoms with Gasteiger partial charge in [0.1, 0.15) is 0 Å². The first-order chi connectivity index (χ1) is 8.13. The van der Waals surface area contributed by atoms with Crippen LogP contribution in [0.1, 0.15) is 13.3 Å². The van der Waals surface area contributed by atoms with E-state index >= 15 is 0 Å². The standard InChI is InChI=1S/C14H22N2S/c1-14(7-8-15-10-14)11-16(2)12-5-4-6-13(9-12)17-3/h4-6,9,15H,7-8,10-11H2,1-3H3. The number of hydrogen-bond acceptors (Lipinski definition) is 3. The molecule has 94 valence electrons. The molecule has 0 aliphatic carbocycles. The Balaban J connectivity index is 2.05. The lowest BCUT2D eigenvalue weighted by molar-refractivity contribution is 0.371. The maximum absolute atomic E-state index is 3.46. The molecule has 1 aromatic carbocycles. The second-order valence-electron chi connectivity index (χ2n) is 5.29. The van der Waals surface area contributed by atoms with Gasteiger partial charge in [-0.1, -0.05) is 13.0 Å². The van der Waals surface area contributed by atoms with Crippen LogP contribution in [0, 0.1) is 5.41 Å². The van der Waals surface area contributed by atoms with Gasteiger partial charge in [-0.15, -0.1) is 11.8 Å². The summed E-state index contributed by atoms with van der Waals surface area (Å²) < 4.78 is 0. The van der Waals surface area contributed by atoms with E-state index in [1.54, 1.807) is 11.8 Å². The smallest absolute Gasteiger partial charge is 0.0375 e. The Morgan fingerprint density at radius 1 is 1.47 bits per heavy atom. The molecule has 1 aromatic rings. The summed E-state index contributed by atoms with van der Waals surface area (Å²) in [5.41, 5.74) is 1.74. The molecule has 0 spiro atoms. The minimum atomic E-state index is 0.421. The van der Waals surface area contributed by atoms with Gasteiger partial charge in [0.25, 0.3) is 0 Å². The van der Waals surface area contributed by atoms with E-state index in [0.29, 0.717) is 5.41 Å². The fraction of sp³-hybridized carbons (Fsp3) is 0.571. The molecule has 2 nitrogen and oxygen atoms in total. The lowest BCUT2D eigenvalue weighted by Gasteiger charge is -2.30. The molecule has 17 heavy (non-hydrogen) atoms. The van der Waals surface area contributed by atoms with Crippen molar-refractivity contribution in [3.05, 3.63) is 24.3 Å². The van der Waals surface area contributed by atoms with Crippen molar-refractivity contribution in [2.75, 3.05) is 37.8 Å². The topological polar surface area (TPSA) is 15.3 Å². The van der Waals surface area contributed by atoms with Crippen molar-refractivity contribution >= 4 is 17.4 Å². The molecule has 0 aromatic heterocycles. The van der Waals surface area contributed by atoms with Crippen molar-refractivity contribution in [3.8, 4) is 0 Å². The normalized spacial score (nSPS) is 23.9. The molecule has 1 heterocycles. The Hall–Kier alpha value is -0.670. The summed E-state index contributed by atoms with van der Waals surface area (Å²) in [7, 11) is 2.20. The van der Waals surface area contributed by atoms with Crippen molar-refractivity contribution in [2.45, 2.75) is 18.2 Å². The summed E-state index contributed by atoms with van der Waals surface area (Å²) >= 11 is 1.80. The summed E-state index contributed by atoms with van der Waals surface area (Å²) in [5.74, 6) is 0. The Bertz CT molecular complexity index is 372. The van der Waals surface area contributed by atoms with Gasteiger partial charge in [0, 0.05) is 30.7 Å². The van der Waals surface area contributed by atoms with Crippen LogP contribution >= 0.6 is 11.8 Å². The van der Waals surface area contributed by atoms with E-state index in [1.165, 1.54) is 17.0 Å². The number of anilines is 1. The van der Waals surface area contributed by atoms with Crippen LogP contribution in [-0.2, 0) is 0 Å². The molecule has 1 atom stereocenters. The van der Waals surface area contributed by atoms with Crippen LogP contribution in [-0.4, -0.2) is 32.9 Å². The fourth-order valence-corrected chi connectivity index (χ4v) is 2.97.